The van der Waals surface area contributed by atoms with E-state index in [0.29, 0.717) is 16.3 Å². The summed E-state index contributed by atoms with van der Waals surface area (Å²) >= 11 is 5.85. The monoisotopic (exact) mass is 305 g/mol. The van der Waals surface area contributed by atoms with Crippen molar-refractivity contribution in [2.75, 3.05) is 5.32 Å². The highest BCUT2D eigenvalue weighted by molar-refractivity contribution is 6.30. The van der Waals surface area contributed by atoms with Crippen molar-refractivity contribution >= 4 is 23.3 Å². The molecule has 1 heterocycles. The molecule has 0 amide bonds. The molecule has 5 nitrogen and oxygen atoms in total. The Morgan fingerprint density at radius 3 is 2.62 bits per heavy atom. The van der Waals surface area contributed by atoms with E-state index in [1.165, 1.54) is 36.4 Å². The van der Waals surface area contributed by atoms with E-state index >= 15 is 0 Å². The first-order chi connectivity index (χ1) is 10.1. The van der Waals surface area contributed by atoms with Gasteiger partial charge in [-0.05, 0) is 42.5 Å². The smallest absolute Gasteiger partial charge is 0.320 e. The number of aromatic nitrogens is 2. The van der Waals surface area contributed by atoms with Crippen molar-refractivity contribution in [3.05, 3.63) is 53.3 Å². The summed E-state index contributed by atoms with van der Waals surface area (Å²) in [6, 6.07) is 10.3. The second-order valence-corrected chi connectivity index (χ2v) is 4.64. The van der Waals surface area contributed by atoms with Crippen molar-refractivity contribution in [3.8, 4) is 17.2 Å². The van der Waals surface area contributed by atoms with Crippen LogP contribution in [-0.2, 0) is 0 Å². The van der Waals surface area contributed by atoms with Gasteiger partial charge in [0.15, 0.2) is 0 Å². The summed E-state index contributed by atoms with van der Waals surface area (Å²) in [7, 11) is 0. The van der Waals surface area contributed by atoms with Crippen LogP contribution >= 0.6 is 11.6 Å². The normalized spacial score (nSPS) is 10.6. The zero-order chi connectivity index (χ0) is 14.8. The number of aromatic hydroxyl groups is 1. The maximum Gasteiger partial charge on any atom is 0.320 e. The number of phenols is 1. The van der Waals surface area contributed by atoms with Crippen LogP contribution in [0, 0.1) is 5.82 Å². The van der Waals surface area contributed by atoms with Crippen LogP contribution in [0.2, 0.25) is 5.02 Å². The van der Waals surface area contributed by atoms with E-state index in [0.717, 1.165) is 0 Å². The number of halogens is 2. The predicted molar refractivity (Wildman–Crippen MR) is 76.1 cm³/mol. The van der Waals surface area contributed by atoms with Gasteiger partial charge in [-0.3, -0.25) is 0 Å². The average Bonchev–Trinajstić information content (AvgIpc) is 2.92. The van der Waals surface area contributed by atoms with Gasteiger partial charge >= 0.3 is 6.01 Å². The molecule has 0 atom stereocenters. The minimum absolute atomic E-state index is 0.000863. The Morgan fingerprint density at radius 2 is 1.86 bits per heavy atom. The zero-order valence-electron chi connectivity index (χ0n) is 10.5. The van der Waals surface area contributed by atoms with E-state index in [9.17, 15) is 9.50 Å². The predicted octanol–water partition coefficient (Wildman–Crippen LogP) is 3.98. The fraction of sp³-hybridized carbons (Fsp3) is 0. The Balaban J connectivity index is 1.85. The second kappa shape index (κ2) is 5.41. The summed E-state index contributed by atoms with van der Waals surface area (Å²) in [6.45, 7) is 0. The lowest BCUT2D eigenvalue weighted by Gasteiger charge is -2.04. The minimum Gasteiger partial charge on any atom is -0.506 e. The third kappa shape index (κ3) is 2.95. The van der Waals surface area contributed by atoms with Gasteiger partial charge in [-0.15, -0.1) is 5.10 Å². The number of nitrogens with one attached hydrogen (secondary N) is 1. The fourth-order valence-corrected chi connectivity index (χ4v) is 1.88. The van der Waals surface area contributed by atoms with Crippen molar-refractivity contribution in [2.45, 2.75) is 0 Å². The first kappa shape index (κ1) is 13.4. The number of anilines is 2. The SMILES string of the molecule is Oc1ccc(Cl)cc1Nc1nnc(-c2ccc(F)cc2)o1. The van der Waals surface area contributed by atoms with Gasteiger partial charge < -0.3 is 14.8 Å². The molecule has 0 fully saturated rings. The number of hydrogen-bond donors (Lipinski definition) is 2. The summed E-state index contributed by atoms with van der Waals surface area (Å²) < 4.78 is 18.3. The van der Waals surface area contributed by atoms with Crippen LogP contribution in [-0.4, -0.2) is 15.3 Å². The molecule has 0 aliphatic rings. The van der Waals surface area contributed by atoms with Gasteiger partial charge in [0.1, 0.15) is 11.6 Å². The van der Waals surface area contributed by atoms with Gasteiger partial charge in [0, 0.05) is 10.6 Å². The van der Waals surface area contributed by atoms with Crippen molar-refractivity contribution < 1.29 is 13.9 Å². The van der Waals surface area contributed by atoms with E-state index in [1.807, 2.05) is 0 Å². The second-order valence-electron chi connectivity index (χ2n) is 4.21. The molecule has 0 aliphatic carbocycles. The maximum atomic E-state index is 12.9. The van der Waals surface area contributed by atoms with Crippen molar-refractivity contribution in [1.29, 1.82) is 0 Å². The first-order valence-electron chi connectivity index (χ1n) is 5.97. The molecular weight excluding hydrogens is 297 g/mol. The molecule has 7 heteroatoms. The highest BCUT2D eigenvalue weighted by Crippen LogP contribution is 2.30. The molecule has 0 saturated heterocycles. The van der Waals surface area contributed by atoms with Gasteiger partial charge in [-0.2, -0.15) is 0 Å². The quantitative estimate of drug-likeness (QED) is 0.716. The molecule has 1 aromatic heterocycles. The lowest BCUT2D eigenvalue weighted by atomic mass is 10.2. The molecule has 0 radical (unpaired) electrons. The van der Waals surface area contributed by atoms with Gasteiger partial charge in [-0.25, -0.2) is 4.39 Å². The van der Waals surface area contributed by atoms with Crippen LogP contribution in [0.1, 0.15) is 0 Å². The third-order valence-corrected chi connectivity index (χ3v) is 2.95. The molecule has 0 unspecified atom stereocenters. The molecule has 21 heavy (non-hydrogen) atoms. The zero-order valence-corrected chi connectivity index (χ0v) is 11.3. The van der Waals surface area contributed by atoms with Crippen LogP contribution in [0.3, 0.4) is 0 Å². The van der Waals surface area contributed by atoms with E-state index in [2.05, 4.69) is 15.5 Å². The van der Waals surface area contributed by atoms with E-state index < -0.39 is 0 Å². The number of hydrogen-bond acceptors (Lipinski definition) is 5. The molecule has 3 aromatic rings. The molecule has 2 aromatic carbocycles. The van der Waals surface area contributed by atoms with Crippen molar-refractivity contribution in [1.82, 2.24) is 10.2 Å². The number of benzene rings is 2. The number of rotatable bonds is 3. The summed E-state index contributed by atoms with van der Waals surface area (Å²) in [4.78, 5) is 0. The Bertz CT molecular complexity index is 774. The highest BCUT2D eigenvalue weighted by atomic mass is 35.5. The number of phenolic OH excluding ortho intramolecular Hbond substituents is 1. The molecular formula is C14H9ClFN3O2. The summed E-state index contributed by atoms with van der Waals surface area (Å²) in [5.41, 5.74) is 0.934. The molecule has 0 saturated carbocycles. The van der Waals surface area contributed by atoms with Crippen LogP contribution in [0.15, 0.2) is 46.9 Å². The Hall–Kier alpha value is -2.60. The molecule has 0 bridgehead atoms. The van der Waals surface area contributed by atoms with Gasteiger partial charge in [0.25, 0.3) is 0 Å². The summed E-state index contributed by atoms with van der Waals surface area (Å²) in [5.74, 6) is -0.111. The average molecular weight is 306 g/mol. The van der Waals surface area contributed by atoms with Crippen LogP contribution < -0.4 is 5.32 Å². The highest BCUT2D eigenvalue weighted by Gasteiger charge is 2.10. The Labute approximate surface area is 124 Å². The van der Waals surface area contributed by atoms with Gasteiger partial charge in [0.2, 0.25) is 5.89 Å². The molecule has 0 spiro atoms. The minimum atomic E-state index is -0.347. The van der Waals surface area contributed by atoms with E-state index in [-0.39, 0.29) is 23.5 Å². The van der Waals surface area contributed by atoms with Gasteiger partial charge in [0.05, 0.1) is 5.69 Å². The lowest BCUT2D eigenvalue weighted by Crippen LogP contribution is -1.90. The third-order valence-electron chi connectivity index (χ3n) is 2.72. The van der Waals surface area contributed by atoms with E-state index in [1.54, 1.807) is 6.07 Å². The van der Waals surface area contributed by atoms with Crippen molar-refractivity contribution in [3.63, 3.8) is 0 Å². The Morgan fingerprint density at radius 1 is 1.10 bits per heavy atom. The van der Waals surface area contributed by atoms with Crippen LogP contribution in [0.4, 0.5) is 16.1 Å². The van der Waals surface area contributed by atoms with Gasteiger partial charge in [-0.1, -0.05) is 16.7 Å². The molecule has 0 aliphatic heterocycles. The molecule has 3 rings (SSSR count). The largest absolute Gasteiger partial charge is 0.506 e. The fourth-order valence-electron chi connectivity index (χ4n) is 1.71. The first-order valence-corrected chi connectivity index (χ1v) is 6.34. The molecule has 106 valence electrons. The van der Waals surface area contributed by atoms with Crippen molar-refractivity contribution in [2.24, 2.45) is 0 Å². The van der Waals surface area contributed by atoms with E-state index in [4.69, 9.17) is 16.0 Å². The van der Waals surface area contributed by atoms with Crippen LogP contribution in [0.5, 0.6) is 5.75 Å². The standard InChI is InChI=1S/C14H9ClFN3O2/c15-9-3-6-12(20)11(7-9)17-14-19-18-13(21-14)8-1-4-10(16)5-2-8/h1-7,20H,(H,17,19). The maximum absolute atomic E-state index is 12.9. The molecule has 2 N–H and O–H groups in total. The summed E-state index contributed by atoms with van der Waals surface area (Å²) in [5, 5.41) is 20.6. The summed E-state index contributed by atoms with van der Waals surface area (Å²) in [6.07, 6.45) is 0. The lowest BCUT2D eigenvalue weighted by molar-refractivity contribution is 0.477. The van der Waals surface area contributed by atoms with Crippen LogP contribution in [0.25, 0.3) is 11.5 Å². The number of nitrogens with zero attached hydrogens (tertiary/aromatic N) is 2. The Kier molecular flexibility index (Phi) is 3.45. The topological polar surface area (TPSA) is 71.2 Å².